The molecular formula is C24H41ClO5. The van der Waals surface area contributed by atoms with E-state index < -0.39 is 11.7 Å². The van der Waals surface area contributed by atoms with E-state index in [4.69, 9.17) is 21.1 Å². The molecule has 0 aromatic heterocycles. The number of hydrogen-bond acceptors (Lipinski definition) is 5. The largest absolute Gasteiger partial charge is 0.458 e. The molecule has 0 bridgehead atoms. The Bertz CT molecular complexity index is 538. The molecular weight excluding hydrogens is 404 g/mol. The molecule has 0 amide bonds. The summed E-state index contributed by atoms with van der Waals surface area (Å²) in [6, 6.07) is 0. The fourth-order valence-corrected chi connectivity index (χ4v) is 5.36. The van der Waals surface area contributed by atoms with E-state index >= 15 is 0 Å². The monoisotopic (exact) mass is 444 g/mol. The Morgan fingerprint density at radius 1 is 1.17 bits per heavy atom. The van der Waals surface area contributed by atoms with Crippen molar-refractivity contribution in [3.63, 3.8) is 0 Å². The summed E-state index contributed by atoms with van der Waals surface area (Å²) in [7, 11) is 0. The Kier molecular flexibility index (Phi) is 10.6. The minimum atomic E-state index is -0.505. The first-order valence-corrected chi connectivity index (χ1v) is 12.1. The van der Waals surface area contributed by atoms with Crippen LogP contribution in [0.1, 0.15) is 78.6 Å². The van der Waals surface area contributed by atoms with Gasteiger partial charge in [-0.15, -0.1) is 11.6 Å². The lowest BCUT2D eigenvalue weighted by atomic mass is 9.81. The smallest absolute Gasteiger partial charge is 0.332 e. The molecule has 5 atom stereocenters. The van der Waals surface area contributed by atoms with Crippen molar-refractivity contribution in [2.45, 2.75) is 102 Å². The predicted molar refractivity (Wildman–Crippen MR) is 119 cm³/mol. The summed E-state index contributed by atoms with van der Waals surface area (Å²) in [4.78, 5) is 11.6. The lowest BCUT2D eigenvalue weighted by Crippen LogP contribution is -2.27. The van der Waals surface area contributed by atoms with Gasteiger partial charge >= 0.3 is 5.97 Å². The molecule has 0 aromatic carbocycles. The zero-order chi connectivity index (χ0) is 22.1. The number of rotatable bonds is 10. The minimum absolute atomic E-state index is 0.0517. The van der Waals surface area contributed by atoms with E-state index in [1.165, 1.54) is 19.3 Å². The molecule has 0 radical (unpaired) electrons. The molecule has 2 aliphatic carbocycles. The van der Waals surface area contributed by atoms with Gasteiger partial charge in [0.2, 0.25) is 0 Å². The summed E-state index contributed by atoms with van der Waals surface area (Å²) in [5, 5.41) is 21.0. The van der Waals surface area contributed by atoms with Gasteiger partial charge in [0.1, 0.15) is 12.2 Å². The summed E-state index contributed by atoms with van der Waals surface area (Å²) in [5.41, 5.74) is -0.505. The zero-order valence-electron chi connectivity index (χ0n) is 18.9. The molecule has 5 nitrogen and oxygen atoms in total. The maximum atomic E-state index is 11.6. The number of alkyl halides is 1. The number of halogens is 1. The molecule has 0 aliphatic heterocycles. The molecule has 2 saturated carbocycles. The molecule has 0 heterocycles. The highest BCUT2D eigenvalue weighted by Gasteiger charge is 2.40. The number of aliphatic hydroxyl groups excluding tert-OH is 2. The number of esters is 1. The minimum Gasteiger partial charge on any atom is -0.458 e. The van der Waals surface area contributed by atoms with Crippen LogP contribution in [-0.2, 0) is 14.3 Å². The highest BCUT2D eigenvalue weighted by atomic mass is 35.5. The normalized spacial score (nSPS) is 29.4. The Labute approximate surface area is 187 Å². The number of allylic oxidation sites excluding steroid dienone is 1. The Morgan fingerprint density at radius 2 is 1.87 bits per heavy atom. The third kappa shape index (κ3) is 8.86. The van der Waals surface area contributed by atoms with Crippen molar-refractivity contribution in [3.8, 4) is 0 Å². The van der Waals surface area contributed by atoms with Crippen molar-refractivity contribution >= 4 is 17.6 Å². The average Bonchev–Trinajstić information content (AvgIpc) is 2.94. The Morgan fingerprint density at radius 3 is 2.53 bits per heavy atom. The quantitative estimate of drug-likeness (QED) is 0.222. The summed E-state index contributed by atoms with van der Waals surface area (Å²) >= 11 is 6.53. The first kappa shape index (κ1) is 25.6. The molecule has 2 aliphatic rings. The summed E-state index contributed by atoms with van der Waals surface area (Å²) in [5.74, 6) is 0.372. The van der Waals surface area contributed by atoms with Crippen molar-refractivity contribution in [1.29, 1.82) is 0 Å². The van der Waals surface area contributed by atoms with Crippen molar-refractivity contribution in [3.05, 3.63) is 12.2 Å². The van der Waals surface area contributed by atoms with Gasteiger partial charge in [-0.1, -0.05) is 31.4 Å². The standard InChI is InChI=1S/C24H41ClO5/c1-24(2,3)30-23(28)16-29-14-8-7-11-18-19(22(27)15-20(18)25)12-13-21(26)17-9-5-4-6-10-17/h7-8,17-22,26-27H,4-6,9-16H2,1-3H3/t18-,19-,20-,21-,22-/m1/s1. The highest BCUT2D eigenvalue weighted by molar-refractivity contribution is 6.21. The van der Waals surface area contributed by atoms with Gasteiger partial charge in [-0.2, -0.15) is 0 Å². The van der Waals surface area contributed by atoms with Crippen molar-refractivity contribution < 1.29 is 24.5 Å². The fourth-order valence-electron chi connectivity index (χ4n) is 4.88. The van der Waals surface area contributed by atoms with Crippen molar-refractivity contribution in [2.24, 2.45) is 17.8 Å². The number of carbonyl (C=O) groups is 1. The number of ether oxygens (including phenoxy) is 2. The molecule has 2 fully saturated rings. The second kappa shape index (κ2) is 12.4. The van der Waals surface area contributed by atoms with E-state index in [-0.39, 0.29) is 35.9 Å². The Balaban J connectivity index is 1.71. The molecule has 30 heavy (non-hydrogen) atoms. The van der Waals surface area contributed by atoms with E-state index in [0.29, 0.717) is 18.9 Å². The molecule has 2 N–H and O–H groups in total. The molecule has 0 saturated heterocycles. The summed E-state index contributed by atoms with van der Waals surface area (Å²) in [6.45, 7) is 5.76. The topological polar surface area (TPSA) is 76.0 Å². The van der Waals surface area contributed by atoms with Crippen LogP contribution in [0.5, 0.6) is 0 Å². The second-order valence-corrected chi connectivity index (χ2v) is 10.6. The van der Waals surface area contributed by atoms with Crippen LogP contribution in [0.3, 0.4) is 0 Å². The van der Waals surface area contributed by atoms with Gasteiger partial charge in [-0.25, -0.2) is 4.79 Å². The van der Waals surface area contributed by atoms with Gasteiger partial charge in [-0.05, 0) is 77.0 Å². The third-order valence-corrected chi connectivity index (χ3v) is 6.90. The van der Waals surface area contributed by atoms with Gasteiger partial charge in [-0.3, -0.25) is 0 Å². The lowest BCUT2D eigenvalue weighted by Gasteiger charge is -2.29. The third-order valence-electron chi connectivity index (χ3n) is 6.39. The van der Waals surface area contributed by atoms with Crippen molar-refractivity contribution in [1.82, 2.24) is 0 Å². The van der Waals surface area contributed by atoms with E-state index in [2.05, 4.69) is 0 Å². The van der Waals surface area contributed by atoms with Crippen LogP contribution in [0.4, 0.5) is 0 Å². The van der Waals surface area contributed by atoms with E-state index in [1.54, 1.807) is 0 Å². The average molecular weight is 445 g/mol. The van der Waals surface area contributed by atoms with Crippen LogP contribution >= 0.6 is 11.6 Å². The molecule has 0 aromatic rings. The lowest BCUT2D eigenvalue weighted by molar-refractivity contribution is -0.159. The Hall–Kier alpha value is -0.620. The molecule has 2 rings (SSSR count). The van der Waals surface area contributed by atoms with Gasteiger partial charge in [0.25, 0.3) is 0 Å². The maximum Gasteiger partial charge on any atom is 0.332 e. The fraction of sp³-hybridized carbons (Fsp3) is 0.875. The second-order valence-electron chi connectivity index (χ2n) is 10.00. The van der Waals surface area contributed by atoms with Gasteiger partial charge in [0, 0.05) is 5.38 Å². The van der Waals surface area contributed by atoms with Gasteiger partial charge in [0.15, 0.2) is 0 Å². The summed E-state index contributed by atoms with van der Waals surface area (Å²) in [6.07, 6.45) is 12.2. The highest BCUT2D eigenvalue weighted by Crippen LogP contribution is 2.42. The number of aliphatic hydroxyl groups is 2. The molecule has 174 valence electrons. The molecule has 0 spiro atoms. The van der Waals surface area contributed by atoms with Crippen LogP contribution in [0.25, 0.3) is 0 Å². The van der Waals surface area contributed by atoms with Crippen LogP contribution < -0.4 is 0 Å². The van der Waals surface area contributed by atoms with Gasteiger partial charge in [0.05, 0.1) is 18.8 Å². The first-order valence-electron chi connectivity index (χ1n) is 11.6. The van der Waals surface area contributed by atoms with Crippen LogP contribution in [-0.4, -0.2) is 52.6 Å². The first-order chi connectivity index (χ1) is 14.2. The summed E-state index contributed by atoms with van der Waals surface area (Å²) < 4.78 is 10.6. The predicted octanol–water partition coefficient (Wildman–Crippen LogP) is 4.62. The van der Waals surface area contributed by atoms with Crippen LogP contribution in [0, 0.1) is 17.8 Å². The van der Waals surface area contributed by atoms with Crippen LogP contribution in [0.2, 0.25) is 0 Å². The van der Waals surface area contributed by atoms with Crippen LogP contribution in [0.15, 0.2) is 12.2 Å². The zero-order valence-corrected chi connectivity index (χ0v) is 19.7. The van der Waals surface area contributed by atoms with Gasteiger partial charge < -0.3 is 19.7 Å². The maximum absolute atomic E-state index is 11.6. The number of hydrogen-bond donors (Lipinski definition) is 2. The van der Waals surface area contributed by atoms with Crippen molar-refractivity contribution in [2.75, 3.05) is 13.2 Å². The van der Waals surface area contributed by atoms with E-state index in [0.717, 1.165) is 32.1 Å². The SMILES string of the molecule is CC(C)(C)OC(=O)COCC=CC[C@@H]1[C@@H](CC[C@@H](O)C2CCCCC2)[C@H](O)C[C@H]1Cl. The van der Waals surface area contributed by atoms with E-state index in [1.807, 2.05) is 32.9 Å². The molecule has 6 heteroatoms. The van der Waals surface area contributed by atoms with E-state index in [9.17, 15) is 15.0 Å². The number of carbonyl (C=O) groups excluding carboxylic acids is 1. The molecule has 0 unspecified atom stereocenters.